The highest BCUT2D eigenvalue weighted by molar-refractivity contribution is 7.80. The Balaban J connectivity index is 1.77. The van der Waals surface area contributed by atoms with Gasteiger partial charge in [0.1, 0.15) is 11.7 Å². The lowest BCUT2D eigenvalue weighted by atomic mass is 9.78. The summed E-state index contributed by atoms with van der Waals surface area (Å²) in [6.45, 7) is 7.00. The summed E-state index contributed by atoms with van der Waals surface area (Å²) in [6, 6.07) is 8.90. The second-order valence-electron chi connectivity index (χ2n) is 8.67. The molecule has 6 nitrogen and oxygen atoms in total. The van der Waals surface area contributed by atoms with Gasteiger partial charge < -0.3 is 25.0 Å². The zero-order valence-corrected chi connectivity index (χ0v) is 21.3. The van der Waals surface area contributed by atoms with Crippen LogP contribution in [0.4, 0.5) is 5.69 Å². The molecule has 2 aliphatic rings. The maximum Gasteiger partial charge on any atom is 0.236 e. The standard InChI is InChI=1S/C24H27Cl2N3O3S/c1-13-6-7-18(14(2)10-13)27-22(30)19-20-16-11-15(25)12-17(26)21(16)32-24(19,3)29(23(33)28-20)8-5-9-31-4/h6-7,10-12,19-20H,5,8-9H2,1-4H3,(H,27,30)(H,28,33)/t19-,20-,24-/m0/s1. The second-order valence-corrected chi connectivity index (χ2v) is 9.90. The fourth-order valence-electron chi connectivity index (χ4n) is 4.72. The number of fused-ring (bicyclic) bond motifs is 4. The molecule has 1 saturated heterocycles. The molecule has 2 aliphatic heterocycles. The van der Waals surface area contributed by atoms with Gasteiger partial charge in [-0.1, -0.05) is 40.9 Å². The Morgan fingerprint density at radius 3 is 2.76 bits per heavy atom. The van der Waals surface area contributed by atoms with Crippen LogP contribution in [-0.2, 0) is 9.53 Å². The predicted molar refractivity (Wildman–Crippen MR) is 135 cm³/mol. The average Bonchev–Trinajstić information content (AvgIpc) is 2.73. The van der Waals surface area contributed by atoms with Gasteiger partial charge in [-0.25, -0.2) is 0 Å². The summed E-state index contributed by atoms with van der Waals surface area (Å²) < 4.78 is 11.7. The van der Waals surface area contributed by atoms with Crippen LogP contribution in [0.3, 0.4) is 0 Å². The monoisotopic (exact) mass is 507 g/mol. The number of benzene rings is 2. The number of thiocarbonyl (C=S) groups is 1. The minimum atomic E-state index is -1.06. The normalized spacial score (nSPS) is 23.5. The third-order valence-electron chi connectivity index (χ3n) is 6.30. The molecule has 2 heterocycles. The minimum Gasteiger partial charge on any atom is -0.465 e. The number of anilines is 1. The van der Waals surface area contributed by atoms with Crippen molar-refractivity contribution in [1.29, 1.82) is 0 Å². The summed E-state index contributed by atoms with van der Waals surface area (Å²) in [7, 11) is 1.65. The zero-order valence-electron chi connectivity index (χ0n) is 19.0. The fourth-order valence-corrected chi connectivity index (χ4v) is 5.67. The van der Waals surface area contributed by atoms with Crippen molar-refractivity contribution >= 4 is 52.1 Å². The SMILES string of the molecule is COCCCN1C(=S)N[C@H]2c3cc(Cl)cc(Cl)c3O[C@@]1(C)[C@@H]2C(=O)Nc1ccc(C)cc1C. The number of carbonyl (C=O) groups is 1. The topological polar surface area (TPSA) is 62.8 Å². The van der Waals surface area contributed by atoms with Gasteiger partial charge in [0.05, 0.1) is 11.1 Å². The van der Waals surface area contributed by atoms with E-state index in [-0.39, 0.29) is 5.91 Å². The number of halogens is 2. The molecular formula is C24H27Cl2N3O3S. The Hall–Kier alpha value is -2.06. The van der Waals surface area contributed by atoms with E-state index in [1.165, 1.54) is 0 Å². The minimum absolute atomic E-state index is 0.178. The number of hydrogen-bond acceptors (Lipinski definition) is 4. The van der Waals surface area contributed by atoms with E-state index in [0.717, 1.165) is 16.8 Å². The summed E-state index contributed by atoms with van der Waals surface area (Å²) in [6.07, 6.45) is 0.717. The third kappa shape index (κ3) is 4.39. The average molecular weight is 508 g/mol. The highest BCUT2D eigenvalue weighted by atomic mass is 35.5. The van der Waals surface area contributed by atoms with E-state index in [9.17, 15) is 4.79 Å². The molecule has 2 N–H and O–H groups in total. The van der Waals surface area contributed by atoms with E-state index in [1.54, 1.807) is 19.2 Å². The smallest absolute Gasteiger partial charge is 0.236 e. The number of nitrogens with one attached hydrogen (secondary N) is 2. The first-order valence-corrected chi connectivity index (χ1v) is 11.9. The molecule has 3 atom stereocenters. The van der Waals surface area contributed by atoms with Crippen molar-refractivity contribution in [2.24, 2.45) is 5.92 Å². The summed E-state index contributed by atoms with van der Waals surface area (Å²) in [5.74, 6) is -0.298. The Bertz CT molecular complexity index is 1110. The molecule has 4 rings (SSSR count). The zero-order chi connectivity index (χ0) is 23.9. The molecule has 1 amide bonds. The van der Waals surface area contributed by atoms with Crippen LogP contribution in [0.5, 0.6) is 5.75 Å². The number of amides is 1. The van der Waals surface area contributed by atoms with Crippen LogP contribution in [0, 0.1) is 19.8 Å². The number of nitrogens with zero attached hydrogens (tertiary/aromatic N) is 1. The molecule has 0 saturated carbocycles. The second kappa shape index (κ2) is 9.29. The molecule has 2 aromatic rings. The number of hydrogen-bond donors (Lipinski definition) is 2. The van der Waals surface area contributed by atoms with Crippen molar-refractivity contribution in [2.75, 3.05) is 25.6 Å². The van der Waals surface area contributed by atoms with Crippen LogP contribution >= 0.6 is 35.4 Å². The van der Waals surface area contributed by atoms with Crippen molar-refractivity contribution < 1.29 is 14.3 Å². The lowest BCUT2D eigenvalue weighted by molar-refractivity contribution is -0.149. The number of ether oxygens (including phenoxy) is 2. The van der Waals surface area contributed by atoms with Gasteiger partial charge in [-0.2, -0.15) is 0 Å². The molecule has 0 aliphatic carbocycles. The van der Waals surface area contributed by atoms with Crippen LogP contribution in [0.2, 0.25) is 10.0 Å². The summed E-state index contributed by atoms with van der Waals surface area (Å²) in [5, 5.41) is 7.84. The number of rotatable bonds is 6. The Morgan fingerprint density at radius 1 is 1.30 bits per heavy atom. The molecule has 2 bridgehead atoms. The van der Waals surface area contributed by atoms with Crippen molar-refractivity contribution in [3.05, 3.63) is 57.1 Å². The molecule has 0 spiro atoms. The van der Waals surface area contributed by atoms with Crippen LogP contribution < -0.4 is 15.4 Å². The van der Waals surface area contributed by atoms with Gasteiger partial charge in [0.2, 0.25) is 5.91 Å². The molecule has 33 heavy (non-hydrogen) atoms. The van der Waals surface area contributed by atoms with E-state index >= 15 is 0 Å². The van der Waals surface area contributed by atoms with Crippen LogP contribution in [0.1, 0.15) is 36.1 Å². The van der Waals surface area contributed by atoms with Crippen molar-refractivity contribution in [2.45, 2.75) is 39.0 Å². The third-order valence-corrected chi connectivity index (χ3v) is 7.14. The molecule has 0 unspecified atom stereocenters. The molecule has 9 heteroatoms. The van der Waals surface area contributed by atoms with Crippen LogP contribution in [0.25, 0.3) is 0 Å². The van der Waals surface area contributed by atoms with Crippen molar-refractivity contribution in [3.8, 4) is 5.75 Å². The highest BCUT2D eigenvalue weighted by Crippen LogP contribution is 2.51. The van der Waals surface area contributed by atoms with Crippen molar-refractivity contribution in [1.82, 2.24) is 10.2 Å². The van der Waals surface area contributed by atoms with Crippen LogP contribution in [0.15, 0.2) is 30.3 Å². The molecule has 176 valence electrons. The maximum atomic E-state index is 13.8. The molecule has 0 aromatic heterocycles. The lowest BCUT2D eigenvalue weighted by Gasteiger charge is -2.56. The molecular weight excluding hydrogens is 481 g/mol. The van der Waals surface area contributed by atoms with Gasteiger partial charge in [0.25, 0.3) is 0 Å². The largest absolute Gasteiger partial charge is 0.465 e. The summed E-state index contributed by atoms with van der Waals surface area (Å²) in [5.41, 5.74) is 2.53. The quantitative estimate of drug-likeness (QED) is 0.411. The predicted octanol–water partition coefficient (Wildman–Crippen LogP) is 5.24. The highest BCUT2D eigenvalue weighted by Gasteiger charge is 2.58. The first-order valence-electron chi connectivity index (χ1n) is 10.8. The van der Waals surface area contributed by atoms with Gasteiger partial charge in [0, 0.05) is 36.5 Å². The first kappa shape index (κ1) is 24.1. The van der Waals surface area contributed by atoms with Gasteiger partial charge in [-0.15, -0.1) is 0 Å². The lowest BCUT2D eigenvalue weighted by Crippen LogP contribution is -2.71. The molecule has 0 radical (unpaired) electrons. The maximum absolute atomic E-state index is 13.8. The van der Waals surface area contributed by atoms with Gasteiger partial charge in [-0.3, -0.25) is 4.79 Å². The Morgan fingerprint density at radius 2 is 2.06 bits per heavy atom. The number of carbonyl (C=O) groups excluding carboxylic acids is 1. The van der Waals surface area contributed by atoms with E-state index in [1.807, 2.05) is 43.9 Å². The van der Waals surface area contributed by atoms with E-state index in [0.29, 0.717) is 46.0 Å². The Kier molecular flexibility index (Phi) is 6.78. The van der Waals surface area contributed by atoms with E-state index in [4.69, 9.17) is 44.9 Å². The summed E-state index contributed by atoms with van der Waals surface area (Å²) in [4.78, 5) is 15.7. The molecule has 1 fully saturated rings. The summed E-state index contributed by atoms with van der Waals surface area (Å²) >= 11 is 18.5. The number of aryl methyl sites for hydroxylation is 2. The number of methoxy groups -OCH3 is 1. The Labute approximate surface area is 209 Å². The fraction of sp³-hybridized carbons (Fsp3) is 0.417. The van der Waals surface area contributed by atoms with Gasteiger partial charge in [0.15, 0.2) is 10.8 Å². The molecule has 2 aromatic carbocycles. The van der Waals surface area contributed by atoms with Gasteiger partial charge >= 0.3 is 0 Å². The van der Waals surface area contributed by atoms with E-state index in [2.05, 4.69) is 10.6 Å². The van der Waals surface area contributed by atoms with E-state index < -0.39 is 17.7 Å². The van der Waals surface area contributed by atoms with Crippen molar-refractivity contribution in [3.63, 3.8) is 0 Å². The van der Waals surface area contributed by atoms with Gasteiger partial charge in [-0.05, 0) is 63.2 Å². The first-order chi connectivity index (χ1) is 15.7. The van der Waals surface area contributed by atoms with Crippen LogP contribution in [-0.4, -0.2) is 41.9 Å².